The number of sulfonamides is 1. The van der Waals surface area contributed by atoms with Crippen molar-refractivity contribution in [2.45, 2.75) is 31.4 Å². The van der Waals surface area contributed by atoms with Crippen LogP contribution in [0.2, 0.25) is 0 Å². The van der Waals surface area contributed by atoms with E-state index in [2.05, 4.69) is 9.71 Å². The van der Waals surface area contributed by atoms with Gasteiger partial charge in [0.15, 0.2) is 6.04 Å². The van der Waals surface area contributed by atoms with E-state index < -0.39 is 27.9 Å². The van der Waals surface area contributed by atoms with Crippen LogP contribution < -0.4 is 4.72 Å². The smallest absolute Gasteiger partial charge is 0.331 e. The maximum atomic E-state index is 13.7. The molecule has 0 saturated carbocycles. The van der Waals surface area contributed by atoms with Crippen molar-refractivity contribution in [3.63, 3.8) is 0 Å². The summed E-state index contributed by atoms with van der Waals surface area (Å²) in [5.41, 5.74) is 0.665. The van der Waals surface area contributed by atoms with Crippen LogP contribution in [0.1, 0.15) is 25.0 Å². The number of benzene rings is 2. The van der Waals surface area contributed by atoms with Crippen molar-refractivity contribution >= 4 is 21.8 Å². The van der Waals surface area contributed by atoms with Crippen LogP contribution in [0.3, 0.4) is 0 Å². The lowest BCUT2D eigenvalue weighted by Crippen LogP contribution is -2.31. The number of aliphatic imine (C=N–C) groups is 1. The Bertz CT molecular complexity index is 1000. The minimum atomic E-state index is -3.70. The molecule has 0 amide bonds. The van der Waals surface area contributed by atoms with Crippen molar-refractivity contribution < 1.29 is 22.3 Å². The minimum absolute atomic E-state index is 0.104. The number of hydrogen-bond acceptors (Lipinski definition) is 5. The van der Waals surface area contributed by atoms with Crippen LogP contribution in [0.15, 0.2) is 58.4 Å². The average Bonchev–Trinajstić information content (AvgIpc) is 2.89. The van der Waals surface area contributed by atoms with E-state index >= 15 is 0 Å². The van der Waals surface area contributed by atoms with Gasteiger partial charge < -0.3 is 4.74 Å². The number of rotatable bonds is 5. The molecule has 8 heteroatoms. The third-order valence-corrected chi connectivity index (χ3v) is 5.53. The van der Waals surface area contributed by atoms with Crippen LogP contribution in [0.4, 0.5) is 4.39 Å². The Morgan fingerprint density at radius 3 is 2.52 bits per heavy atom. The fourth-order valence-corrected chi connectivity index (χ4v) is 3.93. The highest BCUT2D eigenvalue weighted by Gasteiger charge is 2.33. The Morgan fingerprint density at radius 1 is 1.15 bits per heavy atom. The number of nitrogens with one attached hydrogen (secondary N) is 1. The van der Waals surface area contributed by atoms with Gasteiger partial charge in [-0.2, -0.15) is 0 Å². The van der Waals surface area contributed by atoms with Crippen LogP contribution in [0, 0.1) is 11.7 Å². The Balaban J connectivity index is 1.83. The summed E-state index contributed by atoms with van der Waals surface area (Å²) < 4.78 is 45.6. The molecule has 0 aliphatic carbocycles. The Kier molecular flexibility index (Phi) is 5.27. The maximum Gasteiger partial charge on any atom is 0.331 e. The average molecular weight is 390 g/mol. The highest BCUT2D eigenvalue weighted by molar-refractivity contribution is 7.90. The van der Waals surface area contributed by atoms with E-state index in [4.69, 9.17) is 4.74 Å². The number of esters is 1. The van der Waals surface area contributed by atoms with Crippen molar-refractivity contribution in [1.29, 1.82) is 0 Å². The van der Waals surface area contributed by atoms with Gasteiger partial charge in [-0.05, 0) is 24.1 Å². The number of carbonyl (C=O) groups is 1. The topological polar surface area (TPSA) is 84.8 Å². The molecule has 0 saturated heterocycles. The first-order valence-electron chi connectivity index (χ1n) is 8.39. The summed E-state index contributed by atoms with van der Waals surface area (Å²) in [4.78, 5) is 16.9. The summed E-state index contributed by atoms with van der Waals surface area (Å²) in [5.74, 6) is -1.26. The number of hydrogen-bond donors (Lipinski definition) is 1. The molecular formula is C19H19FN2O4S. The summed E-state index contributed by atoms with van der Waals surface area (Å²) in [6.45, 7) is 3.32. The molecule has 0 fully saturated rings. The van der Waals surface area contributed by atoms with Crippen molar-refractivity contribution in [3.8, 4) is 0 Å². The summed E-state index contributed by atoms with van der Waals surface area (Å²) in [7, 11) is -3.70. The molecule has 0 aromatic heterocycles. The van der Waals surface area contributed by atoms with Crippen LogP contribution >= 0.6 is 0 Å². The Morgan fingerprint density at radius 2 is 1.81 bits per heavy atom. The normalized spacial score (nSPS) is 17.4. The number of amidine groups is 1. The number of fused-ring (bicyclic) bond motifs is 1. The van der Waals surface area contributed by atoms with E-state index in [1.807, 2.05) is 0 Å². The largest absolute Gasteiger partial charge is 0.459 e. The molecular weight excluding hydrogens is 371 g/mol. The van der Waals surface area contributed by atoms with Crippen molar-refractivity contribution in [1.82, 2.24) is 4.72 Å². The first-order valence-corrected chi connectivity index (χ1v) is 9.88. The number of ether oxygens (including phenoxy) is 1. The molecule has 1 atom stereocenters. The molecule has 0 unspecified atom stereocenters. The van der Waals surface area contributed by atoms with Crippen LogP contribution in [0.25, 0.3) is 0 Å². The molecule has 1 heterocycles. The molecule has 0 spiro atoms. The van der Waals surface area contributed by atoms with Gasteiger partial charge in [0, 0.05) is 11.1 Å². The predicted molar refractivity (Wildman–Crippen MR) is 98.1 cm³/mol. The third-order valence-electron chi connectivity index (χ3n) is 4.13. The van der Waals surface area contributed by atoms with Gasteiger partial charge in [0.1, 0.15) is 18.3 Å². The van der Waals surface area contributed by atoms with Gasteiger partial charge >= 0.3 is 5.97 Å². The SMILES string of the molecule is CC(C)[C@H](N=C1NS(=O)(=O)c2ccccc21)C(=O)OCc1ccccc1F. The van der Waals surface area contributed by atoms with Gasteiger partial charge in [0.05, 0.1) is 4.90 Å². The highest BCUT2D eigenvalue weighted by Crippen LogP contribution is 2.23. The summed E-state index contributed by atoms with van der Waals surface area (Å²) >= 11 is 0. The standard InChI is InChI=1S/C19H19FN2O4S/c1-12(2)17(19(23)26-11-13-7-3-5-9-15(13)20)21-18-14-8-4-6-10-16(14)27(24,25)22-18/h3-10,12,17H,11H2,1-2H3,(H,21,22)/t17-/m0/s1. The molecule has 27 heavy (non-hydrogen) atoms. The van der Waals surface area contributed by atoms with E-state index in [-0.39, 0.29) is 28.8 Å². The number of halogens is 1. The molecule has 2 aromatic carbocycles. The maximum absolute atomic E-state index is 13.7. The van der Waals surface area contributed by atoms with E-state index in [1.54, 1.807) is 44.2 Å². The number of nitrogens with zero attached hydrogens (tertiary/aromatic N) is 1. The van der Waals surface area contributed by atoms with Crippen LogP contribution in [-0.2, 0) is 26.2 Å². The van der Waals surface area contributed by atoms with Crippen molar-refractivity contribution in [3.05, 3.63) is 65.5 Å². The zero-order chi connectivity index (χ0) is 19.6. The molecule has 6 nitrogen and oxygen atoms in total. The summed E-state index contributed by atoms with van der Waals surface area (Å²) in [5, 5.41) is 0. The van der Waals surface area contributed by atoms with E-state index in [0.717, 1.165) is 0 Å². The predicted octanol–water partition coefficient (Wildman–Crippen LogP) is 2.63. The lowest BCUT2D eigenvalue weighted by Gasteiger charge is -2.16. The van der Waals surface area contributed by atoms with Gasteiger partial charge in [-0.3, -0.25) is 9.71 Å². The quantitative estimate of drug-likeness (QED) is 0.796. The molecule has 3 rings (SSSR count). The van der Waals surface area contributed by atoms with Crippen LogP contribution in [-0.4, -0.2) is 26.3 Å². The summed E-state index contributed by atoms with van der Waals surface area (Å²) in [6.07, 6.45) is 0. The van der Waals surface area contributed by atoms with Gasteiger partial charge in [-0.15, -0.1) is 0 Å². The lowest BCUT2D eigenvalue weighted by molar-refractivity contribution is -0.147. The Labute approximate surface area is 157 Å². The second-order valence-electron chi connectivity index (χ2n) is 6.47. The molecule has 0 radical (unpaired) electrons. The molecule has 0 bridgehead atoms. The molecule has 1 aliphatic heterocycles. The molecule has 2 aromatic rings. The Hall–Kier alpha value is -2.74. The van der Waals surface area contributed by atoms with Crippen LogP contribution in [0.5, 0.6) is 0 Å². The molecule has 142 valence electrons. The fourth-order valence-electron chi connectivity index (χ4n) is 2.69. The van der Waals surface area contributed by atoms with E-state index in [1.165, 1.54) is 18.2 Å². The van der Waals surface area contributed by atoms with Gasteiger partial charge in [-0.1, -0.05) is 44.2 Å². The van der Waals surface area contributed by atoms with Gasteiger partial charge in [0.2, 0.25) is 0 Å². The lowest BCUT2D eigenvalue weighted by atomic mass is 10.0. The first-order chi connectivity index (χ1) is 12.8. The monoisotopic (exact) mass is 390 g/mol. The third kappa shape index (κ3) is 4.00. The fraction of sp³-hybridized carbons (Fsp3) is 0.263. The molecule has 1 N–H and O–H groups in total. The minimum Gasteiger partial charge on any atom is -0.459 e. The highest BCUT2D eigenvalue weighted by atomic mass is 32.2. The molecule has 1 aliphatic rings. The van der Waals surface area contributed by atoms with Gasteiger partial charge in [0.25, 0.3) is 10.0 Å². The zero-order valence-electron chi connectivity index (χ0n) is 14.8. The second-order valence-corrected chi connectivity index (χ2v) is 8.12. The van der Waals surface area contributed by atoms with E-state index in [0.29, 0.717) is 5.56 Å². The zero-order valence-corrected chi connectivity index (χ0v) is 15.7. The second kappa shape index (κ2) is 7.48. The number of carbonyl (C=O) groups excluding carboxylic acids is 1. The summed E-state index contributed by atoms with van der Waals surface area (Å²) in [6, 6.07) is 11.5. The van der Waals surface area contributed by atoms with Crippen molar-refractivity contribution in [2.75, 3.05) is 0 Å². The first kappa shape index (κ1) is 19.0. The van der Waals surface area contributed by atoms with Crippen molar-refractivity contribution in [2.24, 2.45) is 10.9 Å². The van der Waals surface area contributed by atoms with E-state index in [9.17, 15) is 17.6 Å². The van der Waals surface area contributed by atoms with Gasteiger partial charge in [-0.25, -0.2) is 17.6 Å².